The highest BCUT2D eigenvalue weighted by Gasteiger charge is 2.16. The lowest BCUT2D eigenvalue weighted by Gasteiger charge is -2.20. The number of rotatable bonds is 7. The molecule has 0 atom stereocenters. The van der Waals surface area contributed by atoms with E-state index in [-0.39, 0.29) is 22.8 Å². The summed E-state index contributed by atoms with van der Waals surface area (Å²) in [5.74, 6) is 0.167. The van der Waals surface area contributed by atoms with Crippen molar-refractivity contribution < 1.29 is 4.79 Å². The molecule has 0 aliphatic heterocycles. The largest absolute Gasteiger partial charge is 0.351 e. The highest BCUT2D eigenvalue weighted by Crippen LogP contribution is 2.18. The van der Waals surface area contributed by atoms with Crippen molar-refractivity contribution >= 4 is 28.6 Å². The molecule has 1 aromatic heterocycles. The summed E-state index contributed by atoms with van der Waals surface area (Å²) in [5.41, 5.74) is 0.341. The van der Waals surface area contributed by atoms with E-state index >= 15 is 0 Å². The van der Waals surface area contributed by atoms with E-state index in [1.807, 2.05) is 53.1 Å². The van der Waals surface area contributed by atoms with Crippen molar-refractivity contribution in [2.24, 2.45) is 0 Å². The summed E-state index contributed by atoms with van der Waals surface area (Å²) in [7, 11) is 4.02. The Morgan fingerprint density at radius 3 is 2.62 bits per heavy atom. The Balaban J connectivity index is 2.27. The van der Waals surface area contributed by atoms with Crippen LogP contribution in [0.3, 0.4) is 0 Å². The van der Waals surface area contributed by atoms with Gasteiger partial charge in [-0.15, -0.1) is 0 Å². The minimum atomic E-state index is -0.278. The van der Waals surface area contributed by atoms with Crippen molar-refractivity contribution in [2.45, 2.75) is 44.4 Å². The van der Waals surface area contributed by atoms with Crippen LogP contribution in [0, 0.1) is 0 Å². The molecule has 0 saturated heterocycles. The third-order valence-electron chi connectivity index (χ3n) is 3.66. The number of carbonyl (C=O) groups excluding carboxylic acids is 1. The number of fused-ring (bicyclic) bond motifs is 1. The minimum Gasteiger partial charge on any atom is -0.351 e. The zero-order valence-corrected chi connectivity index (χ0v) is 17.0. The minimum absolute atomic E-state index is 0.0481. The Labute approximate surface area is 159 Å². The van der Waals surface area contributed by atoms with Gasteiger partial charge in [-0.3, -0.25) is 14.2 Å². The predicted octanol–water partition coefficient (Wildman–Crippen LogP) is 2.35. The van der Waals surface area contributed by atoms with Gasteiger partial charge in [0.05, 0.1) is 16.7 Å². The van der Waals surface area contributed by atoms with E-state index in [1.165, 1.54) is 11.8 Å². The predicted molar refractivity (Wildman–Crippen MR) is 108 cm³/mol. The number of aromatic nitrogens is 2. The van der Waals surface area contributed by atoms with E-state index < -0.39 is 0 Å². The quantitative estimate of drug-likeness (QED) is 0.593. The number of nitrogens with zero attached hydrogens (tertiary/aromatic N) is 3. The van der Waals surface area contributed by atoms with Gasteiger partial charge in [-0.05, 0) is 60.0 Å². The summed E-state index contributed by atoms with van der Waals surface area (Å²) in [5, 5.41) is 4.14. The van der Waals surface area contributed by atoms with Crippen molar-refractivity contribution in [1.29, 1.82) is 0 Å². The molecule has 0 spiro atoms. The van der Waals surface area contributed by atoms with Crippen molar-refractivity contribution in [3.05, 3.63) is 34.6 Å². The fourth-order valence-electron chi connectivity index (χ4n) is 2.58. The molecule has 0 aliphatic rings. The van der Waals surface area contributed by atoms with Crippen LogP contribution < -0.4 is 10.9 Å². The van der Waals surface area contributed by atoms with Gasteiger partial charge in [-0.25, -0.2) is 4.98 Å². The van der Waals surface area contributed by atoms with E-state index in [1.54, 1.807) is 10.6 Å². The summed E-state index contributed by atoms with van der Waals surface area (Å²) in [6, 6.07) is 7.35. The van der Waals surface area contributed by atoms with E-state index in [9.17, 15) is 9.59 Å². The molecule has 0 fully saturated rings. The van der Waals surface area contributed by atoms with Gasteiger partial charge in [0.15, 0.2) is 5.16 Å². The van der Waals surface area contributed by atoms with E-state index in [4.69, 9.17) is 0 Å². The highest BCUT2D eigenvalue weighted by atomic mass is 32.2. The van der Waals surface area contributed by atoms with Gasteiger partial charge in [0.2, 0.25) is 5.91 Å². The number of hydrogen-bond donors (Lipinski definition) is 1. The molecular formula is C19H28N4O2S. The monoisotopic (exact) mass is 376 g/mol. The Morgan fingerprint density at radius 2 is 1.96 bits per heavy atom. The summed E-state index contributed by atoms with van der Waals surface area (Å²) >= 11 is 1.31. The van der Waals surface area contributed by atoms with E-state index in [2.05, 4.69) is 15.2 Å². The van der Waals surface area contributed by atoms with Gasteiger partial charge in [0.25, 0.3) is 5.56 Å². The number of amides is 1. The van der Waals surface area contributed by atoms with Crippen LogP contribution in [0.15, 0.2) is 34.2 Å². The van der Waals surface area contributed by atoms with E-state index in [0.717, 1.165) is 13.0 Å². The second kappa shape index (κ2) is 8.68. The van der Waals surface area contributed by atoms with Crippen molar-refractivity contribution in [3.8, 4) is 0 Å². The zero-order valence-electron chi connectivity index (χ0n) is 16.2. The van der Waals surface area contributed by atoms with Crippen LogP contribution in [0.25, 0.3) is 10.9 Å². The first kappa shape index (κ1) is 20.5. The molecule has 0 unspecified atom stereocenters. The second-order valence-corrected chi connectivity index (χ2v) is 8.55. The molecular weight excluding hydrogens is 348 g/mol. The smallest absolute Gasteiger partial charge is 0.262 e. The average molecular weight is 377 g/mol. The number of hydrogen-bond acceptors (Lipinski definition) is 5. The van der Waals surface area contributed by atoms with Crippen molar-refractivity contribution in [3.63, 3.8) is 0 Å². The molecule has 2 aromatic rings. The lowest BCUT2D eigenvalue weighted by Crippen LogP contribution is -2.41. The van der Waals surface area contributed by atoms with Crippen LogP contribution in [0.5, 0.6) is 0 Å². The van der Waals surface area contributed by atoms with Crippen LogP contribution in [0.2, 0.25) is 0 Å². The lowest BCUT2D eigenvalue weighted by atomic mass is 10.1. The third-order valence-corrected chi connectivity index (χ3v) is 4.64. The van der Waals surface area contributed by atoms with Gasteiger partial charge in [0.1, 0.15) is 0 Å². The van der Waals surface area contributed by atoms with Crippen molar-refractivity contribution in [1.82, 2.24) is 19.8 Å². The molecule has 7 heteroatoms. The number of thioether (sulfide) groups is 1. The van der Waals surface area contributed by atoms with Crippen LogP contribution in [-0.4, -0.2) is 52.3 Å². The fourth-order valence-corrected chi connectivity index (χ4v) is 3.41. The molecule has 2 rings (SSSR count). The SMILES string of the molecule is CN(C)CCCn1c(SCC(=O)NC(C)(C)C)nc2ccccc2c1=O. The molecule has 1 amide bonds. The number of para-hydroxylation sites is 1. The molecule has 0 bridgehead atoms. The highest BCUT2D eigenvalue weighted by molar-refractivity contribution is 7.99. The number of nitrogens with one attached hydrogen (secondary N) is 1. The summed E-state index contributed by atoms with van der Waals surface area (Å²) < 4.78 is 1.70. The first-order valence-corrected chi connectivity index (χ1v) is 9.74. The topological polar surface area (TPSA) is 67.2 Å². The number of benzene rings is 1. The van der Waals surface area contributed by atoms with Crippen LogP contribution in [-0.2, 0) is 11.3 Å². The van der Waals surface area contributed by atoms with Crippen LogP contribution >= 0.6 is 11.8 Å². The summed E-state index contributed by atoms with van der Waals surface area (Å²) in [6.07, 6.45) is 0.842. The first-order valence-electron chi connectivity index (χ1n) is 8.75. The van der Waals surface area contributed by atoms with Gasteiger partial charge < -0.3 is 10.2 Å². The third kappa shape index (κ3) is 5.85. The Morgan fingerprint density at radius 1 is 1.27 bits per heavy atom. The molecule has 142 valence electrons. The molecule has 26 heavy (non-hydrogen) atoms. The maximum absolute atomic E-state index is 12.9. The van der Waals surface area contributed by atoms with Gasteiger partial charge >= 0.3 is 0 Å². The summed E-state index contributed by atoms with van der Waals surface area (Å²) in [6.45, 7) is 7.30. The molecule has 1 heterocycles. The molecule has 1 aromatic carbocycles. The molecule has 0 aliphatic carbocycles. The lowest BCUT2D eigenvalue weighted by molar-refractivity contribution is -0.119. The van der Waals surface area contributed by atoms with Crippen LogP contribution in [0.4, 0.5) is 0 Å². The molecule has 0 radical (unpaired) electrons. The normalized spacial score (nSPS) is 11.9. The Hall–Kier alpha value is -1.86. The maximum atomic E-state index is 12.9. The number of carbonyl (C=O) groups is 1. The standard InChI is InChI=1S/C19H28N4O2S/c1-19(2,3)21-16(24)13-26-18-20-15-10-7-6-9-14(15)17(25)23(18)12-8-11-22(4)5/h6-7,9-10H,8,11-13H2,1-5H3,(H,21,24). The second-order valence-electron chi connectivity index (χ2n) is 7.61. The molecule has 0 saturated carbocycles. The zero-order chi connectivity index (χ0) is 19.3. The van der Waals surface area contributed by atoms with Gasteiger partial charge in [0, 0.05) is 12.1 Å². The Bertz CT molecular complexity index is 824. The van der Waals surface area contributed by atoms with Gasteiger partial charge in [-0.1, -0.05) is 23.9 Å². The van der Waals surface area contributed by atoms with Gasteiger partial charge in [-0.2, -0.15) is 0 Å². The van der Waals surface area contributed by atoms with E-state index in [0.29, 0.717) is 22.6 Å². The summed E-state index contributed by atoms with van der Waals surface area (Å²) in [4.78, 5) is 31.8. The molecule has 1 N–H and O–H groups in total. The maximum Gasteiger partial charge on any atom is 0.262 e. The Kier molecular flexibility index (Phi) is 6.83. The van der Waals surface area contributed by atoms with Crippen LogP contribution in [0.1, 0.15) is 27.2 Å². The first-order chi connectivity index (χ1) is 12.2. The van der Waals surface area contributed by atoms with Crippen molar-refractivity contribution in [2.75, 3.05) is 26.4 Å². The molecule has 6 nitrogen and oxygen atoms in total. The fraction of sp³-hybridized carbons (Fsp3) is 0.526. The average Bonchev–Trinajstić information content (AvgIpc) is 2.53.